The highest BCUT2D eigenvalue weighted by molar-refractivity contribution is 5.94. The number of hydrogen-bond acceptors (Lipinski definition) is 2. The topological polar surface area (TPSA) is 51.1 Å². The molecular weight excluding hydrogens is 336 g/mol. The number of carbonyl (C=O) groups is 1. The number of aromatic nitrogens is 1. The van der Waals surface area contributed by atoms with Crippen LogP contribution in [0.1, 0.15) is 33.1 Å². The fourth-order valence-electron chi connectivity index (χ4n) is 4.43. The maximum atomic E-state index is 12.9. The SMILES string of the molecule is C[C@H]1[C@H](C)CCC[C@@H]1NC(=O)Cn1c2ccccc2c(=O)c2ccccc21. The van der Waals surface area contributed by atoms with Crippen LogP contribution in [0.25, 0.3) is 21.8 Å². The number of hydrogen-bond donors (Lipinski definition) is 1. The van der Waals surface area contributed by atoms with Crippen LogP contribution in [0.4, 0.5) is 0 Å². The molecule has 4 nitrogen and oxygen atoms in total. The van der Waals surface area contributed by atoms with E-state index in [1.54, 1.807) is 0 Å². The summed E-state index contributed by atoms with van der Waals surface area (Å²) in [6.45, 7) is 4.73. The molecule has 27 heavy (non-hydrogen) atoms. The summed E-state index contributed by atoms with van der Waals surface area (Å²) < 4.78 is 1.97. The smallest absolute Gasteiger partial charge is 0.240 e. The van der Waals surface area contributed by atoms with Crippen LogP contribution in [0, 0.1) is 11.8 Å². The molecule has 1 saturated carbocycles. The average Bonchev–Trinajstić information content (AvgIpc) is 2.69. The van der Waals surface area contributed by atoms with Gasteiger partial charge in [-0.2, -0.15) is 0 Å². The Morgan fingerprint density at radius 2 is 1.59 bits per heavy atom. The van der Waals surface area contributed by atoms with E-state index in [2.05, 4.69) is 19.2 Å². The van der Waals surface area contributed by atoms with E-state index in [4.69, 9.17) is 0 Å². The zero-order valence-electron chi connectivity index (χ0n) is 15.9. The lowest BCUT2D eigenvalue weighted by Gasteiger charge is -2.34. The Balaban J connectivity index is 1.71. The zero-order chi connectivity index (χ0) is 19.0. The molecule has 3 atom stereocenters. The number of amides is 1. The summed E-state index contributed by atoms with van der Waals surface area (Å²) in [6.07, 6.45) is 3.45. The van der Waals surface area contributed by atoms with Gasteiger partial charge in [0.15, 0.2) is 5.43 Å². The van der Waals surface area contributed by atoms with Gasteiger partial charge in [-0.1, -0.05) is 51.0 Å². The highest BCUT2D eigenvalue weighted by Crippen LogP contribution is 2.29. The quantitative estimate of drug-likeness (QED) is 0.713. The first-order chi connectivity index (χ1) is 13.1. The van der Waals surface area contributed by atoms with E-state index < -0.39 is 0 Å². The van der Waals surface area contributed by atoms with Crippen molar-refractivity contribution in [2.45, 2.75) is 45.7 Å². The Kier molecular flexibility index (Phi) is 4.73. The molecule has 0 radical (unpaired) electrons. The highest BCUT2D eigenvalue weighted by Gasteiger charge is 2.28. The van der Waals surface area contributed by atoms with Crippen molar-refractivity contribution in [2.75, 3.05) is 0 Å². The van der Waals surface area contributed by atoms with E-state index in [1.165, 1.54) is 12.8 Å². The van der Waals surface area contributed by atoms with Crippen LogP contribution in [0.15, 0.2) is 53.3 Å². The van der Waals surface area contributed by atoms with Crippen molar-refractivity contribution in [2.24, 2.45) is 11.8 Å². The highest BCUT2D eigenvalue weighted by atomic mass is 16.2. The van der Waals surface area contributed by atoms with Crippen molar-refractivity contribution < 1.29 is 4.79 Å². The van der Waals surface area contributed by atoms with Crippen molar-refractivity contribution in [1.29, 1.82) is 0 Å². The monoisotopic (exact) mass is 362 g/mol. The summed E-state index contributed by atoms with van der Waals surface area (Å²) in [5.41, 5.74) is 1.63. The van der Waals surface area contributed by atoms with Crippen LogP contribution in [-0.2, 0) is 11.3 Å². The Hall–Kier alpha value is -2.62. The summed E-state index contributed by atoms with van der Waals surface area (Å²) in [5, 5.41) is 4.57. The predicted molar refractivity (Wildman–Crippen MR) is 110 cm³/mol. The molecule has 1 aliphatic carbocycles. The Bertz CT molecular complexity index is 993. The average molecular weight is 362 g/mol. The zero-order valence-corrected chi connectivity index (χ0v) is 15.9. The van der Waals surface area contributed by atoms with E-state index in [-0.39, 0.29) is 23.9 Å². The van der Waals surface area contributed by atoms with Gasteiger partial charge >= 0.3 is 0 Å². The van der Waals surface area contributed by atoms with E-state index >= 15 is 0 Å². The van der Waals surface area contributed by atoms with Gasteiger partial charge in [0.05, 0.1) is 11.0 Å². The summed E-state index contributed by atoms with van der Waals surface area (Å²) in [7, 11) is 0. The first-order valence-corrected chi connectivity index (χ1v) is 9.86. The van der Waals surface area contributed by atoms with Gasteiger partial charge in [-0.15, -0.1) is 0 Å². The standard InChI is InChI=1S/C23H26N2O2/c1-15-8-7-11-19(16(15)2)24-22(26)14-25-20-12-5-3-9-17(20)23(27)18-10-4-6-13-21(18)25/h3-6,9-10,12-13,15-16,19H,7-8,11,14H2,1-2H3,(H,24,26)/t15-,16+,19+/m1/s1. The molecule has 3 aromatic rings. The Labute approximate surface area is 159 Å². The van der Waals surface area contributed by atoms with E-state index in [0.717, 1.165) is 17.5 Å². The normalized spacial score (nSPS) is 22.8. The van der Waals surface area contributed by atoms with Crippen LogP contribution in [-0.4, -0.2) is 16.5 Å². The molecule has 1 aliphatic rings. The Morgan fingerprint density at radius 1 is 1.00 bits per heavy atom. The summed E-state index contributed by atoms with van der Waals surface area (Å²) in [6, 6.07) is 15.3. The number of rotatable bonds is 3. The third-order valence-electron chi connectivity index (χ3n) is 6.23. The number of para-hydroxylation sites is 2. The van der Waals surface area contributed by atoms with E-state index in [9.17, 15) is 9.59 Å². The minimum atomic E-state index is 0.0138. The molecule has 4 rings (SSSR count). The maximum absolute atomic E-state index is 12.9. The number of pyridine rings is 1. The first kappa shape index (κ1) is 17.8. The molecule has 0 unspecified atom stereocenters. The van der Waals surface area contributed by atoms with Gasteiger partial charge in [-0.25, -0.2) is 0 Å². The summed E-state index contributed by atoms with van der Waals surface area (Å²) in [4.78, 5) is 25.7. The molecular formula is C23H26N2O2. The second-order valence-corrected chi connectivity index (χ2v) is 7.89. The van der Waals surface area contributed by atoms with Crippen LogP contribution in [0.3, 0.4) is 0 Å². The molecule has 1 amide bonds. The number of benzene rings is 2. The second kappa shape index (κ2) is 7.18. The first-order valence-electron chi connectivity index (χ1n) is 9.86. The van der Waals surface area contributed by atoms with Gasteiger partial charge in [0.25, 0.3) is 0 Å². The van der Waals surface area contributed by atoms with Gasteiger partial charge in [0.2, 0.25) is 5.91 Å². The lowest BCUT2D eigenvalue weighted by atomic mass is 9.78. The van der Waals surface area contributed by atoms with Crippen LogP contribution in [0.5, 0.6) is 0 Å². The summed E-state index contributed by atoms with van der Waals surface area (Å²) in [5.74, 6) is 1.14. The third kappa shape index (κ3) is 3.25. The number of nitrogens with zero attached hydrogens (tertiary/aromatic N) is 1. The van der Waals surface area contributed by atoms with Gasteiger partial charge in [-0.05, 0) is 42.5 Å². The number of fused-ring (bicyclic) bond motifs is 2. The van der Waals surface area contributed by atoms with Gasteiger partial charge in [0, 0.05) is 16.8 Å². The lowest BCUT2D eigenvalue weighted by molar-refractivity contribution is -0.123. The molecule has 0 aliphatic heterocycles. The summed E-state index contributed by atoms with van der Waals surface area (Å²) >= 11 is 0. The van der Waals surface area contributed by atoms with Crippen molar-refractivity contribution in [3.63, 3.8) is 0 Å². The fourth-order valence-corrected chi connectivity index (χ4v) is 4.43. The second-order valence-electron chi connectivity index (χ2n) is 7.89. The minimum absolute atomic E-state index is 0.0138. The molecule has 1 fully saturated rings. The molecule has 140 valence electrons. The fraction of sp³-hybridized carbons (Fsp3) is 0.391. The molecule has 4 heteroatoms. The number of carbonyl (C=O) groups excluding carboxylic acids is 1. The third-order valence-corrected chi connectivity index (χ3v) is 6.23. The van der Waals surface area contributed by atoms with Crippen molar-refractivity contribution >= 4 is 27.7 Å². The largest absolute Gasteiger partial charge is 0.352 e. The Morgan fingerprint density at radius 3 is 2.22 bits per heavy atom. The molecule has 1 N–H and O–H groups in total. The molecule has 1 aromatic heterocycles. The van der Waals surface area contributed by atoms with E-state index in [1.807, 2.05) is 53.1 Å². The van der Waals surface area contributed by atoms with Gasteiger partial charge in [0.1, 0.15) is 6.54 Å². The lowest BCUT2D eigenvalue weighted by Crippen LogP contribution is -2.44. The van der Waals surface area contributed by atoms with Crippen molar-refractivity contribution in [3.8, 4) is 0 Å². The van der Waals surface area contributed by atoms with Crippen LogP contribution < -0.4 is 10.7 Å². The van der Waals surface area contributed by atoms with Gasteiger partial charge < -0.3 is 9.88 Å². The van der Waals surface area contributed by atoms with Crippen LogP contribution >= 0.6 is 0 Å². The molecule has 0 spiro atoms. The predicted octanol–water partition coefficient (Wildman–Crippen LogP) is 4.10. The van der Waals surface area contributed by atoms with Crippen LogP contribution in [0.2, 0.25) is 0 Å². The molecule has 0 saturated heterocycles. The molecule has 1 heterocycles. The number of nitrogens with one attached hydrogen (secondary N) is 1. The molecule has 2 aromatic carbocycles. The van der Waals surface area contributed by atoms with E-state index in [0.29, 0.717) is 22.6 Å². The van der Waals surface area contributed by atoms with Gasteiger partial charge in [-0.3, -0.25) is 9.59 Å². The maximum Gasteiger partial charge on any atom is 0.240 e. The minimum Gasteiger partial charge on any atom is -0.352 e. The molecule has 0 bridgehead atoms. The van der Waals surface area contributed by atoms with Crippen molar-refractivity contribution in [3.05, 3.63) is 58.8 Å². The van der Waals surface area contributed by atoms with Crippen molar-refractivity contribution in [1.82, 2.24) is 9.88 Å².